The Labute approximate surface area is 136 Å². The highest BCUT2D eigenvalue weighted by molar-refractivity contribution is 5.91. The third-order valence-electron chi connectivity index (χ3n) is 3.62. The van der Waals surface area contributed by atoms with Crippen LogP contribution in [0.15, 0.2) is 36.5 Å². The van der Waals surface area contributed by atoms with Crippen molar-refractivity contribution in [3.05, 3.63) is 42.2 Å². The molecule has 1 atom stereocenters. The average Bonchev–Trinajstić information content (AvgIpc) is 2.94. The van der Waals surface area contributed by atoms with Gasteiger partial charge in [-0.25, -0.2) is 9.48 Å². The van der Waals surface area contributed by atoms with Gasteiger partial charge in [-0.15, -0.1) is 0 Å². The number of hydrogen-bond acceptors (Lipinski definition) is 3. The number of aliphatic hydroxyl groups excluding tert-OH is 1. The summed E-state index contributed by atoms with van der Waals surface area (Å²) in [4.78, 5) is 12.0. The van der Waals surface area contributed by atoms with Crippen LogP contribution < -0.4 is 10.6 Å². The number of amides is 2. The highest BCUT2D eigenvalue weighted by atomic mass is 16.3. The van der Waals surface area contributed by atoms with Crippen LogP contribution >= 0.6 is 0 Å². The maximum atomic E-state index is 12.0. The first kappa shape index (κ1) is 17.0. The fourth-order valence-electron chi connectivity index (χ4n) is 2.16. The lowest BCUT2D eigenvalue weighted by Crippen LogP contribution is -2.32. The molecule has 0 aliphatic carbocycles. The van der Waals surface area contributed by atoms with Gasteiger partial charge in [0.05, 0.1) is 23.2 Å². The third-order valence-corrected chi connectivity index (χ3v) is 3.62. The van der Waals surface area contributed by atoms with E-state index in [1.165, 1.54) is 0 Å². The van der Waals surface area contributed by atoms with Gasteiger partial charge in [-0.05, 0) is 37.5 Å². The number of carbonyl (C=O) groups is 1. The van der Waals surface area contributed by atoms with Gasteiger partial charge in [-0.3, -0.25) is 0 Å². The molecule has 0 aliphatic heterocycles. The number of nitrogens with one attached hydrogen (secondary N) is 2. The molecule has 1 aromatic carbocycles. The fourth-order valence-corrected chi connectivity index (χ4v) is 2.16. The Bertz CT molecular complexity index is 652. The molecule has 1 aromatic heterocycles. The Morgan fingerprint density at radius 2 is 2.04 bits per heavy atom. The van der Waals surface area contributed by atoms with E-state index in [1.807, 2.05) is 57.3 Å². The Hall–Kier alpha value is -2.34. The Morgan fingerprint density at radius 1 is 1.30 bits per heavy atom. The summed E-state index contributed by atoms with van der Waals surface area (Å²) in [7, 11) is 0. The van der Waals surface area contributed by atoms with Crippen molar-refractivity contribution >= 4 is 11.7 Å². The highest BCUT2D eigenvalue weighted by Crippen LogP contribution is 2.19. The number of aryl methyl sites for hydroxylation is 1. The summed E-state index contributed by atoms with van der Waals surface area (Å²) in [6.45, 7) is 6.24. The normalized spacial score (nSPS) is 12.2. The molecule has 0 radical (unpaired) electrons. The SMILES string of the molecule is Cc1ccn(-c2ccccc2NC(=O)NCCC(O)C(C)C)n1. The first-order valence-electron chi connectivity index (χ1n) is 7.82. The number of urea groups is 1. The predicted molar refractivity (Wildman–Crippen MR) is 90.8 cm³/mol. The van der Waals surface area contributed by atoms with Gasteiger partial charge in [0.25, 0.3) is 0 Å². The zero-order chi connectivity index (χ0) is 16.8. The van der Waals surface area contributed by atoms with Crippen molar-refractivity contribution in [1.82, 2.24) is 15.1 Å². The van der Waals surface area contributed by atoms with Crippen molar-refractivity contribution in [2.24, 2.45) is 5.92 Å². The second-order valence-corrected chi connectivity index (χ2v) is 5.90. The summed E-state index contributed by atoms with van der Waals surface area (Å²) in [6, 6.07) is 9.09. The Morgan fingerprint density at radius 3 is 2.70 bits per heavy atom. The van der Waals surface area contributed by atoms with Crippen molar-refractivity contribution in [3.8, 4) is 5.69 Å². The number of carbonyl (C=O) groups excluding carboxylic acids is 1. The second-order valence-electron chi connectivity index (χ2n) is 5.90. The number of nitrogens with zero attached hydrogens (tertiary/aromatic N) is 2. The predicted octanol–water partition coefficient (Wildman–Crippen LogP) is 2.71. The number of para-hydroxylation sites is 2. The van der Waals surface area contributed by atoms with Gasteiger partial charge in [-0.1, -0.05) is 26.0 Å². The lowest BCUT2D eigenvalue weighted by Gasteiger charge is -2.15. The number of benzene rings is 1. The van der Waals surface area contributed by atoms with Crippen molar-refractivity contribution in [2.45, 2.75) is 33.3 Å². The molecule has 1 unspecified atom stereocenters. The molecule has 0 bridgehead atoms. The van der Waals surface area contributed by atoms with Crippen molar-refractivity contribution < 1.29 is 9.90 Å². The van der Waals surface area contributed by atoms with Crippen LogP contribution in [0.5, 0.6) is 0 Å². The summed E-state index contributed by atoms with van der Waals surface area (Å²) in [5.74, 6) is 0.184. The van der Waals surface area contributed by atoms with Crippen LogP contribution in [0.25, 0.3) is 5.69 Å². The topological polar surface area (TPSA) is 79.2 Å². The van der Waals surface area contributed by atoms with Gasteiger partial charge >= 0.3 is 6.03 Å². The Balaban J connectivity index is 1.96. The molecule has 2 aromatic rings. The number of aromatic nitrogens is 2. The van der Waals surface area contributed by atoms with Crippen LogP contribution in [0.4, 0.5) is 10.5 Å². The van der Waals surface area contributed by atoms with E-state index >= 15 is 0 Å². The zero-order valence-corrected chi connectivity index (χ0v) is 13.8. The first-order valence-corrected chi connectivity index (χ1v) is 7.82. The summed E-state index contributed by atoms with van der Waals surface area (Å²) >= 11 is 0. The van der Waals surface area contributed by atoms with Gasteiger partial charge in [0.15, 0.2) is 0 Å². The summed E-state index contributed by atoms with van der Waals surface area (Å²) in [5.41, 5.74) is 2.39. The second kappa shape index (κ2) is 7.78. The van der Waals surface area contributed by atoms with E-state index in [0.29, 0.717) is 18.7 Å². The molecule has 3 N–H and O–H groups in total. The summed E-state index contributed by atoms with van der Waals surface area (Å²) in [5, 5.41) is 19.7. The molecule has 23 heavy (non-hydrogen) atoms. The van der Waals surface area contributed by atoms with E-state index in [9.17, 15) is 9.90 Å². The first-order chi connectivity index (χ1) is 11.0. The number of aliphatic hydroxyl groups is 1. The van der Waals surface area contributed by atoms with Crippen LogP contribution in [0.1, 0.15) is 26.0 Å². The van der Waals surface area contributed by atoms with Gasteiger partial charge in [-0.2, -0.15) is 5.10 Å². The smallest absolute Gasteiger partial charge is 0.319 e. The molecule has 0 saturated heterocycles. The Kier molecular flexibility index (Phi) is 5.76. The zero-order valence-electron chi connectivity index (χ0n) is 13.8. The molecular weight excluding hydrogens is 292 g/mol. The van der Waals surface area contributed by atoms with Crippen molar-refractivity contribution in [3.63, 3.8) is 0 Å². The van der Waals surface area contributed by atoms with Gasteiger partial charge < -0.3 is 15.7 Å². The fraction of sp³-hybridized carbons (Fsp3) is 0.412. The monoisotopic (exact) mass is 316 g/mol. The average molecular weight is 316 g/mol. The van der Waals surface area contributed by atoms with Crippen molar-refractivity contribution in [1.29, 1.82) is 0 Å². The van der Waals surface area contributed by atoms with Crippen LogP contribution in [-0.4, -0.2) is 33.6 Å². The number of hydrogen-bond donors (Lipinski definition) is 3. The van der Waals surface area contributed by atoms with E-state index in [-0.39, 0.29) is 11.9 Å². The largest absolute Gasteiger partial charge is 0.393 e. The lowest BCUT2D eigenvalue weighted by atomic mass is 10.0. The minimum atomic E-state index is -0.408. The summed E-state index contributed by atoms with van der Waals surface area (Å²) < 4.78 is 1.73. The maximum absolute atomic E-state index is 12.0. The van der Waals surface area contributed by atoms with E-state index < -0.39 is 6.10 Å². The molecule has 1 heterocycles. The quantitative estimate of drug-likeness (QED) is 0.766. The van der Waals surface area contributed by atoms with Crippen LogP contribution in [-0.2, 0) is 0 Å². The number of rotatable bonds is 6. The molecule has 2 amide bonds. The van der Waals surface area contributed by atoms with E-state index in [4.69, 9.17) is 0 Å². The van der Waals surface area contributed by atoms with Crippen molar-refractivity contribution in [2.75, 3.05) is 11.9 Å². The van der Waals surface area contributed by atoms with Gasteiger partial charge in [0, 0.05) is 12.7 Å². The molecule has 6 nitrogen and oxygen atoms in total. The van der Waals surface area contributed by atoms with Crippen LogP contribution in [0.2, 0.25) is 0 Å². The molecule has 0 saturated carbocycles. The standard InChI is InChI=1S/C17H24N4O2/c1-12(2)16(22)8-10-18-17(23)19-14-6-4-5-7-15(14)21-11-9-13(3)20-21/h4-7,9,11-12,16,22H,8,10H2,1-3H3,(H2,18,19,23). The molecule has 0 fully saturated rings. The minimum absolute atomic E-state index is 0.184. The molecule has 6 heteroatoms. The molecular formula is C17H24N4O2. The highest BCUT2D eigenvalue weighted by Gasteiger charge is 2.11. The van der Waals surface area contributed by atoms with E-state index in [0.717, 1.165) is 11.4 Å². The lowest BCUT2D eigenvalue weighted by molar-refractivity contribution is 0.117. The van der Waals surface area contributed by atoms with Crippen LogP contribution in [0.3, 0.4) is 0 Å². The number of anilines is 1. The maximum Gasteiger partial charge on any atom is 0.319 e. The van der Waals surface area contributed by atoms with Gasteiger partial charge in [0.1, 0.15) is 0 Å². The molecule has 2 rings (SSSR count). The van der Waals surface area contributed by atoms with E-state index in [2.05, 4.69) is 15.7 Å². The minimum Gasteiger partial charge on any atom is -0.393 e. The van der Waals surface area contributed by atoms with Gasteiger partial charge in [0.2, 0.25) is 0 Å². The third kappa shape index (κ3) is 4.82. The molecule has 0 spiro atoms. The van der Waals surface area contributed by atoms with E-state index in [1.54, 1.807) is 4.68 Å². The molecule has 0 aliphatic rings. The molecule has 124 valence electrons. The van der Waals surface area contributed by atoms with Crippen LogP contribution in [0, 0.1) is 12.8 Å². The summed E-state index contributed by atoms with van der Waals surface area (Å²) in [6.07, 6.45) is 1.98.